The number of aromatic nitrogens is 4. The first-order valence-corrected chi connectivity index (χ1v) is 7.65. The predicted octanol–water partition coefficient (Wildman–Crippen LogP) is 0.755. The summed E-state index contributed by atoms with van der Waals surface area (Å²) in [7, 11) is 1.35. The van der Waals surface area contributed by atoms with Crippen molar-refractivity contribution in [2.45, 2.75) is 13.5 Å². The molecule has 0 aliphatic heterocycles. The highest BCUT2D eigenvalue weighted by Gasteiger charge is 2.18. The Morgan fingerprint density at radius 1 is 1.35 bits per heavy atom. The summed E-state index contributed by atoms with van der Waals surface area (Å²) in [5, 5.41) is 12.7. The zero-order valence-electron chi connectivity index (χ0n) is 14.1. The zero-order chi connectivity index (χ0) is 18.8. The van der Waals surface area contributed by atoms with Gasteiger partial charge in [-0.25, -0.2) is 15.0 Å². The summed E-state index contributed by atoms with van der Waals surface area (Å²) in [4.78, 5) is 36.9. The molecule has 0 bridgehead atoms. The Labute approximate surface area is 147 Å². The van der Waals surface area contributed by atoms with Crippen LogP contribution in [0.5, 0.6) is 11.5 Å². The summed E-state index contributed by atoms with van der Waals surface area (Å²) in [6.07, 6.45) is 2.53. The van der Waals surface area contributed by atoms with Gasteiger partial charge < -0.3 is 15.6 Å². The number of carbonyl (C=O) groups excluding carboxylic acids is 1. The number of carbonyl (C=O) groups is 1. The summed E-state index contributed by atoms with van der Waals surface area (Å²) in [6.45, 7) is 2.02. The van der Waals surface area contributed by atoms with Crippen LogP contribution in [0.1, 0.15) is 17.3 Å². The van der Waals surface area contributed by atoms with E-state index in [1.54, 1.807) is 6.92 Å². The van der Waals surface area contributed by atoms with Crippen LogP contribution in [0.4, 0.5) is 11.9 Å². The van der Waals surface area contributed by atoms with E-state index in [-0.39, 0.29) is 52.0 Å². The minimum Gasteiger partial charge on any atom is -0.504 e. The molecule has 26 heavy (non-hydrogen) atoms. The molecule has 0 unspecified atom stereocenters. The summed E-state index contributed by atoms with van der Waals surface area (Å²) in [6, 6.07) is 2.81. The highest BCUT2D eigenvalue weighted by Crippen LogP contribution is 2.32. The van der Waals surface area contributed by atoms with E-state index in [2.05, 4.69) is 20.3 Å². The zero-order valence-corrected chi connectivity index (χ0v) is 14.1. The van der Waals surface area contributed by atoms with Crippen LogP contribution in [0.3, 0.4) is 0 Å². The molecule has 2 heterocycles. The lowest BCUT2D eigenvalue weighted by Gasteiger charge is -2.14. The molecule has 10 heteroatoms. The monoisotopic (exact) mass is 356 g/mol. The average Bonchev–Trinajstić information content (AvgIpc) is 2.62. The van der Waals surface area contributed by atoms with Gasteiger partial charge in [-0.2, -0.15) is 0 Å². The summed E-state index contributed by atoms with van der Waals surface area (Å²) < 4.78 is 6.44. The third-order valence-corrected chi connectivity index (χ3v) is 3.74. The first kappa shape index (κ1) is 17.1. The number of methoxy groups -OCH3 is 1. The average molecular weight is 356 g/mol. The number of rotatable bonds is 4. The number of ether oxygens (including phenoxy) is 1. The quantitative estimate of drug-likeness (QED) is 0.621. The third kappa shape index (κ3) is 2.88. The minimum absolute atomic E-state index is 0.00993. The van der Waals surface area contributed by atoms with Crippen LogP contribution < -0.4 is 21.3 Å². The Morgan fingerprint density at radius 2 is 2.04 bits per heavy atom. The molecule has 3 aromatic rings. The maximum Gasteiger partial charge on any atom is 0.262 e. The first-order valence-electron chi connectivity index (χ1n) is 7.65. The number of amides is 1. The lowest BCUT2D eigenvalue weighted by atomic mass is 10.2. The van der Waals surface area contributed by atoms with Crippen LogP contribution in [-0.2, 0) is 6.54 Å². The van der Waals surface area contributed by atoms with Crippen LogP contribution in [0.15, 0.2) is 29.3 Å². The molecule has 0 saturated heterocycles. The highest BCUT2D eigenvalue weighted by atomic mass is 16.5. The number of aromatic hydroxyl groups is 1. The number of nitrogens with one attached hydrogen (secondary N) is 1. The van der Waals surface area contributed by atoms with Gasteiger partial charge in [-0.1, -0.05) is 0 Å². The first-order chi connectivity index (χ1) is 12.5. The molecule has 0 fully saturated rings. The molecule has 2 aromatic heterocycles. The molecule has 0 aliphatic carbocycles. The Kier molecular flexibility index (Phi) is 4.40. The van der Waals surface area contributed by atoms with Crippen molar-refractivity contribution in [2.75, 3.05) is 18.2 Å². The van der Waals surface area contributed by atoms with Crippen LogP contribution in [-0.4, -0.2) is 37.6 Å². The molecular formula is C16H16N6O4. The molecule has 10 nitrogen and oxygen atoms in total. The van der Waals surface area contributed by atoms with Crippen molar-refractivity contribution in [1.82, 2.24) is 19.5 Å². The summed E-state index contributed by atoms with van der Waals surface area (Å²) in [5.74, 6) is -0.621. The second-order valence-corrected chi connectivity index (χ2v) is 5.28. The van der Waals surface area contributed by atoms with Crippen LogP contribution in [0.25, 0.3) is 10.9 Å². The number of benzene rings is 1. The van der Waals surface area contributed by atoms with Gasteiger partial charge in [-0.15, -0.1) is 0 Å². The van der Waals surface area contributed by atoms with Crippen molar-refractivity contribution >= 4 is 28.7 Å². The SMILES string of the molecule is CCn1c(NC(=O)c2cnc(N)nc2)nc2c(OC)c(O)ccc2c1=O. The van der Waals surface area contributed by atoms with Gasteiger partial charge in [0.25, 0.3) is 11.5 Å². The number of fused-ring (bicyclic) bond motifs is 1. The normalized spacial score (nSPS) is 10.7. The molecule has 1 aromatic carbocycles. The van der Waals surface area contributed by atoms with Crippen LogP contribution in [0, 0.1) is 0 Å². The van der Waals surface area contributed by atoms with Gasteiger partial charge in [0.15, 0.2) is 11.5 Å². The topological polar surface area (TPSA) is 145 Å². The summed E-state index contributed by atoms with van der Waals surface area (Å²) >= 11 is 0. The van der Waals surface area contributed by atoms with E-state index in [0.717, 1.165) is 0 Å². The number of anilines is 2. The van der Waals surface area contributed by atoms with E-state index in [1.165, 1.54) is 36.2 Å². The lowest BCUT2D eigenvalue weighted by molar-refractivity contribution is 0.102. The van der Waals surface area contributed by atoms with Crippen LogP contribution in [0.2, 0.25) is 0 Å². The molecule has 0 atom stereocenters. The number of nitrogens with two attached hydrogens (primary N) is 1. The van der Waals surface area contributed by atoms with Crippen molar-refractivity contribution in [3.63, 3.8) is 0 Å². The number of phenols is 1. The maximum absolute atomic E-state index is 12.7. The van der Waals surface area contributed by atoms with Crippen molar-refractivity contribution in [1.29, 1.82) is 0 Å². The van der Waals surface area contributed by atoms with Gasteiger partial charge >= 0.3 is 0 Å². The Bertz CT molecular complexity index is 1050. The second kappa shape index (κ2) is 6.67. The fourth-order valence-corrected chi connectivity index (χ4v) is 2.47. The number of phenolic OH excluding ortho intramolecular Hbond substituents is 1. The van der Waals surface area contributed by atoms with E-state index in [4.69, 9.17) is 10.5 Å². The molecule has 134 valence electrons. The van der Waals surface area contributed by atoms with Crippen molar-refractivity contribution in [3.05, 3.63) is 40.4 Å². The van der Waals surface area contributed by atoms with E-state index >= 15 is 0 Å². The molecular weight excluding hydrogens is 340 g/mol. The van der Waals surface area contributed by atoms with Crippen molar-refractivity contribution < 1.29 is 14.6 Å². The predicted molar refractivity (Wildman–Crippen MR) is 94.3 cm³/mol. The van der Waals surface area contributed by atoms with Crippen LogP contribution >= 0.6 is 0 Å². The van der Waals surface area contributed by atoms with Gasteiger partial charge in [0.05, 0.1) is 18.1 Å². The fourth-order valence-electron chi connectivity index (χ4n) is 2.47. The highest BCUT2D eigenvalue weighted by molar-refractivity contribution is 6.03. The van der Waals surface area contributed by atoms with Crippen molar-refractivity contribution in [3.8, 4) is 11.5 Å². The molecule has 4 N–H and O–H groups in total. The fraction of sp³-hybridized carbons (Fsp3) is 0.188. The van der Waals surface area contributed by atoms with Gasteiger partial charge in [0, 0.05) is 18.9 Å². The standard InChI is InChI=1S/C16H16N6O4/c1-3-22-14(25)9-4-5-10(23)12(26-2)11(9)20-16(22)21-13(24)8-6-18-15(17)19-7-8/h4-7,23H,3H2,1-2H3,(H2,17,18,19)(H,20,21,24). The Morgan fingerprint density at radius 3 is 2.65 bits per heavy atom. The number of hydrogen-bond donors (Lipinski definition) is 3. The minimum atomic E-state index is -0.558. The van der Waals surface area contributed by atoms with E-state index in [1.807, 2.05) is 0 Å². The molecule has 0 radical (unpaired) electrons. The van der Waals surface area contributed by atoms with Gasteiger partial charge in [-0.3, -0.25) is 19.5 Å². The number of nitrogen functional groups attached to an aromatic ring is 1. The molecule has 1 amide bonds. The maximum atomic E-state index is 12.7. The third-order valence-electron chi connectivity index (χ3n) is 3.74. The Hall–Kier alpha value is -3.69. The number of hydrogen-bond acceptors (Lipinski definition) is 8. The largest absolute Gasteiger partial charge is 0.504 e. The second-order valence-electron chi connectivity index (χ2n) is 5.28. The van der Waals surface area contributed by atoms with Crippen molar-refractivity contribution in [2.24, 2.45) is 0 Å². The van der Waals surface area contributed by atoms with Gasteiger partial charge in [0.1, 0.15) is 5.52 Å². The van der Waals surface area contributed by atoms with E-state index in [0.29, 0.717) is 0 Å². The Balaban J connectivity index is 2.13. The summed E-state index contributed by atoms with van der Waals surface area (Å²) in [5.41, 5.74) is 5.33. The van der Waals surface area contributed by atoms with Gasteiger partial charge in [0.2, 0.25) is 11.9 Å². The smallest absolute Gasteiger partial charge is 0.262 e. The lowest BCUT2D eigenvalue weighted by Crippen LogP contribution is -2.27. The molecule has 0 spiro atoms. The van der Waals surface area contributed by atoms with E-state index in [9.17, 15) is 14.7 Å². The molecule has 0 aliphatic rings. The van der Waals surface area contributed by atoms with Gasteiger partial charge in [-0.05, 0) is 19.1 Å². The van der Waals surface area contributed by atoms with E-state index < -0.39 is 5.91 Å². The molecule has 3 rings (SSSR count). The molecule has 0 saturated carbocycles. The number of nitrogens with zero attached hydrogens (tertiary/aromatic N) is 4.